The predicted octanol–water partition coefficient (Wildman–Crippen LogP) is 5.28. The van der Waals surface area contributed by atoms with Crippen molar-refractivity contribution in [1.29, 1.82) is 0 Å². The molecule has 0 saturated carbocycles. The first kappa shape index (κ1) is 19.2. The van der Waals surface area contributed by atoms with Crippen LogP contribution in [-0.2, 0) is 11.3 Å². The quantitative estimate of drug-likeness (QED) is 0.486. The number of benzene rings is 2. The van der Waals surface area contributed by atoms with Crippen LogP contribution in [0.5, 0.6) is 5.75 Å². The fourth-order valence-electron chi connectivity index (χ4n) is 2.44. The molecule has 0 bridgehead atoms. The lowest BCUT2D eigenvalue weighted by Gasteiger charge is -2.14. The molecular weight excluding hydrogens is 389 g/mol. The van der Waals surface area contributed by atoms with E-state index in [1.165, 1.54) is 18.2 Å². The van der Waals surface area contributed by atoms with Crippen molar-refractivity contribution < 1.29 is 18.7 Å². The number of hydrogen-bond acceptors (Lipinski definition) is 4. The molecule has 27 heavy (non-hydrogen) atoms. The second-order valence-electron chi connectivity index (χ2n) is 5.64. The van der Waals surface area contributed by atoms with Gasteiger partial charge in [0.15, 0.2) is 0 Å². The Hall–Kier alpha value is -2.57. The van der Waals surface area contributed by atoms with Crippen LogP contribution in [0, 0.1) is 5.82 Å². The van der Waals surface area contributed by atoms with E-state index in [1.54, 1.807) is 36.4 Å². The van der Waals surface area contributed by atoms with E-state index < -0.39 is 17.0 Å². The first-order valence-corrected chi connectivity index (χ1v) is 9.21. The van der Waals surface area contributed by atoms with Gasteiger partial charge in [0.2, 0.25) is 0 Å². The highest BCUT2D eigenvalue weighted by atomic mass is 35.5. The van der Waals surface area contributed by atoms with E-state index in [-0.39, 0.29) is 22.0 Å². The normalized spacial score (nSPS) is 15.5. The van der Waals surface area contributed by atoms with Crippen LogP contribution in [0.3, 0.4) is 0 Å². The number of hydrogen-bond donors (Lipinski definition) is 0. The zero-order chi connectivity index (χ0) is 19.4. The summed E-state index contributed by atoms with van der Waals surface area (Å²) in [6.45, 7) is 3.78. The Labute approximate surface area is 165 Å². The van der Waals surface area contributed by atoms with Crippen molar-refractivity contribution in [1.82, 2.24) is 4.90 Å². The van der Waals surface area contributed by atoms with Gasteiger partial charge in [-0.1, -0.05) is 42.5 Å². The summed E-state index contributed by atoms with van der Waals surface area (Å²) in [4.78, 5) is 26.0. The van der Waals surface area contributed by atoms with Gasteiger partial charge in [-0.15, -0.1) is 0 Å². The van der Waals surface area contributed by atoms with Gasteiger partial charge in [-0.2, -0.15) is 0 Å². The smallest absolute Gasteiger partial charge is 0.293 e. The molecule has 138 valence electrons. The maximum absolute atomic E-state index is 14.0. The van der Waals surface area contributed by atoms with E-state index >= 15 is 0 Å². The molecule has 0 atom stereocenters. The molecule has 2 aromatic rings. The van der Waals surface area contributed by atoms with Gasteiger partial charge in [-0.25, -0.2) is 4.39 Å². The monoisotopic (exact) mass is 403 g/mol. The molecule has 0 aliphatic carbocycles. The molecule has 0 radical (unpaired) electrons. The highest BCUT2D eigenvalue weighted by Gasteiger charge is 2.35. The number of ether oxygens (including phenoxy) is 1. The van der Waals surface area contributed by atoms with E-state index in [1.807, 2.05) is 0 Å². The van der Waals surface area contributed by atoms with Crippen LogP contribution in [-0.4, -0.2) is 22.7 Å². The van der Waals surface area contributed by atoms with Gasteiger partial charge in [0.05, 0.1) is 11.4 Å². The topological polar surface area (TPSA) is 46.6 Å². The number of nitrogens with zero attached hydrogens (tertiary/aromatic N) is 1. The summed E-state index contributed by atoms with van der Waals surface area (Å²) >= 11 is 6.81. The lowest BCUT2D eigenvalue weighted by atomic mass is 10.2. The number of carbonyl (C=O) groups excluding carboxylic acids is 2. The standard InChI is InChI=1S/C20H15ClFNO3S/c1-2-10-26-14-8-6-13(7-9-14)11-18-19(24)23(20(25)27-18)12-15-16(21)4-3-5-17(15)22/h2-9,11H,1,10,12H2/b18-11-. The third-order valence-corrected chi connectivity index (χ3v) is 5.06. The Bertz CT molecular complexity index is 907. The molecule has 0 spiro atoms. The Balaban J connectivity index is 1.77. The highest BCUT2D eigenvalue weighted by Crippen LogP contribution is 2.34. The average molecular weight is 404 g/mol. The first-order valence-electron chi connectivity index (χ1n) is 8.01. The van der Waals surface area contributed by atoms with Crippen LogP contribution in [0.4, 0.5) is 9.18 Å². The van der Waals surface area contributed by atoms with Gasteiger partial charge < -0.3 is 4.74 Å². The summed E-state index contributed by atoms with van der Waals surface area (Å²) in [5.41, 5.74) is 0.863. The van der Waals surface area contributed by atoms with Crippen molar-refractivity contribution in [2.45, 2.75) is 6.54 Å². The van der Waals surface area contributed by atoms with Crippen molar-refractivity contribution in [3.05, 3.63) is 82.0 Å². The van der Waals surface area contributed by atoms with E-state index in [2.05, 4.69) is 6.58 Å². The summed E-state index contributed by atoms with van der Waals surface area (Å²) in [6, 6.07) is 11.3. The van der Waals surface area contributed by atoms with Crippen molar-refractivity contribution in [3.8, 4) is 5.75 Å². The maximum Gasteiger partial charge on any atom is 0.293 e. The van der Waals surface area contributed by atoms with Gasteiger partial charge in [0.1, 0.15) is 18.2 Å². The summed E-state index contributed by atoms with van der Waals surface area (Å²) in [7, 11) is 0. The molecule has 0 aromatic heterocycles. The van der Waals surface area contributed by atoms with Crippen LogP contribution in [0.15, 0.2) is 60.0 Å². The second-order valence-corrected chi connectivity index (χ2v) is 7.04. The fourth-order valence-corrected chi connectivity index (χ4v) is 3.51. The van der Waals surface area contributed by atoms with Gasteiger partial charge >= 0.3 is 0 Å². The van der Waals surface area contributed by atoms with Crippen LogP contribution in [0.1, 0.15) is 11.1 Å². The summed E-state index contributed by atoms with van der Waals surface area (Å²) in [5.74, 6) is -0.355. The lowest BCUT2D eigenvalue weighted by molar-refractivity contribution is -0.123. The van der Waals surface area contributed by atoms with E-state index in [9.17, 15) is 14.0 Å². The second kappa shape index (κ2) is 8.41. The van der Waals surface area contributed by atoms with Crippen molar-refractivity contribution in [2.24, 2.45) is 0 Å². The number of carbonyl (C=O) groups is 2. The fraction of sp³-hybridized carbons (Fsp3) is 0.100. The third kappa shape index (κ3) is 4.40. The minimum absolute atomic E-state index is 0.117. The average Bonchev–Trinajstić information content (AvgIpc) is 2.91. The Kier molecular flexibility index (Phi) is 5.98. The van der Waals surface area contributed by atoms with Gasteiger partial charge in [-0.05, 0) is 47.7 Å². The van der Waals surface area contributed by atoms with Gasteiger partial charge in [0, 0.05) is 10.6 Å². The maximum atomic E-state index is 14.0. The molecule has 1 aliphatic rings. The molecule has 0 unspecified atom stereocenters. The first-order chi connectivity index (χ1) is 13.0. The summed E-state index contributed by atoms with van der Waals surface area (Å²) < 4.78 is 19.4. The number of rotatable bonds is 6. The lowest BCUT2D eigenvalue weighted by Crippen LogP contribution is -2.28. The van der Waals surface area contributed by atoms with Crippen molar-refractivity contribution in [3.63, 3.8) is 0 Å². The zero-order valence-corrected chi connectivity index (χ0v) is 15.7. The minimum atomic E-state index is -0.555. The molecule has 3 rings (SSSR count). The Morgan fingerprint density at radius 1 is 1.19 bits per heavy atom. The summed E-state index contributed by atoms with van der Waals surface area (Å²) in [5, 5.41) is -0.287. The zero-order valence-electron chi connectivity index (χ0n) is 14.2. The van der Waals surface area contributed by atoms with Gasteiger partial charge in [-0.3, -0.25) is 14.5 Å². The molecular formula is C20H15ClFNO3S. The van der Waals surface area contributed by atoms with Crippen LogP contribution < -0.4 is 4.74 Å². The molecule has 1 saturated heterocycles. The van der Waals surface area contributed by atoms with Crippen molar-refractivity contribution >= 4 is 40.6 Å². The van der Waals surface area contributed by atoms with Crippen LogP contribution >= 0.6 is 23.4 Å². The minimum Gasteiger partial charge on any atom is -0.490 e. The van der Waals surface area contributed by atoms with Gasteiger partial charge in [0.25, 0.3) is 11.1 Å². The van der Waals surface area contributed by atoms with Crippen LogP contribution in [0.25, 0.3) is 6.08 Å². The third-order valence-electron chi connectivity index (χ3n) is 3.80. The number of thioether (sulfide) groups is 1. The van der Waals surface area contributed by atoms with Crippen molar-refractivity contribution in [2.75, 3.05) is 6.61 Å². The van der Waals surface area contributed by atoms with E-state index in [4.69, 9.17) is 16.3 Å². The molecule has 2 amide bonds. The molecule has 0 N–H and O–H groups in total. The summed E-state index contributed by atoms with van der Waals surface area (Å²) in [6.07, 6.45) is 3.26. The number of imide groups is 1. The largest absolute Gasteiger partial charge is 0.490 e. The van der Waals surface area contributed by atoms with E-state index in [0.29, 0.717) is 12.4 Å². The SMILES string of the molecule is C=CCOc1ccc(/C=C2\SC(=O)N(Cc3c(F)cccc3Cl)C2=O)cc1. The molecule has 1 aliphatic heterocycles. The highest BCUT2D eigenvalue weighted by molar-refractivity contribution is 8.18. The number of halogens is 2. The predicted molar refractivity (Wildman–Crippen MR) is 105 cm³/mol. The Morgan fingerprint density at radius 3 is 2.59 bits per heavy atom. The molecule has 1 fully saturated rings. The number of amides is 2. The molecule has 1 heterocycles. The van der Waals surface area contributed by atoms with Crippen LogP contribution in [0.2, 0.25) is 5.02 Å². The Morgan fingerprint density at radius 2 is 1.93 bits per heavy atom. The molecule has 7 heteroatoms. The molecule has 2 aromatic carbocycles. The van der Waals surface area contributed by atoms with E-state index in [0.717, 1.165) is 22.2 Å². The molecule has 4 nitrogen and oxygen atoms in total.